The van der Waals surface area contributed by atoms with E-state index in [0.29, 0.717) is 12.4 Å². The van der Waals surface area contributed by atoms with Gasteiger partial charge in [-0.15, -0.1) is 0 Å². The summed E-state index contributed by atoms with van der Waals surface area (Å²) in [5.74, 6) is 0.121. The van der Waals surface area contributed by atoms with Gasteiger partial charge in [0.2, 0.25) is 5.91 Å². The van der Waals surface area contributed by atoms with E-state index < -0.39 is 0 Å². The first-order valence-corrected chi connectivity index (χ1v) is 7.22. The fraction of sp³-hybridized carbons (Fsp3) is 0.222. The predicted molar refractivity (Wildman–Crippen MR) is 84.0 cm³/mol. The number of halogens is 1. The van der Waals surface area contributed by atoms with Crippen molar-refractivity contribution in [1.29, 1.82) is 5.26 Å². The average molecular weight is 312 g/mol. The van der Waals surface area contributed by atoms with Gasteiger partial charge < -0.3 is 10.1 Å². The van der Waals surface area contributed by atoms with Crippen molar-refractivity contribution in [2.75, 3.05) is 0 Å². The van der Waals surface area contributed by atoms with Gasteiger partial charge in [0.25, 0.3) is 0 Å². The SMILES string of the molecule is C[C@@H](NC(=O)CC#N)c1ccc(OCc2ccc(F)cc2)cc1. The Morgan fingerprint density at radius 3 is 2.48 bits per heavy atom. The molecule has 0 aromatic heterocycles. The van der Waals surface area contributed by atoms with Crippen LogP contribution in [-0.4, -0.2) is 5.91 Å². The molecule has 1 atom stereocenters. The average Bonchev–Trinajstić information content (AvgIpc) is 2.55. The van der Waals surface area contributed by atoms with Gasteiger partial charge in [-0.3, -0.25) is 4.79 Å². The van der Waals surface area contributed by atoms with Crippen LogP contribution in [0.2, 0.25) is 0 Å². The quantitative estimate of drug-likeness (QED) is 0.888. The lowest BCUT2D eigenvalue weighted by molar-refractivity contribution is -0.120. The number of carbonyl (C=O) groups excluding carboxylic acids is 1. The Morgan fingerprint density at radius 2 is 1.87 bits per heavy atom. The van der Waals surface area contributed by atoms with Gasteiger partial charge in [-0.05, 0) is 42.3 Å². The number of amides is 1. The van der Waals surface area contributed by atoms with Crippen molar-refractivity contribution in [3.05, 3.63) is 65.5 Å². The van der Waals surface area contributed by atoms with E-state index in [0.717, 1.165) is 11.1 Å². The highest BCUT2D eigenvalue weighted by molar-refractivity contribution is 5.78. The van der Waals surface area contributed by atoms with Gasteiger partial charge in [-0.1, -0.05) is 24.3 Å². The zero-order valence-electron chi connectivity index (χ0n) is 12.8. The van der Waals surface area contributed by atoms with E-state index in [9.17, 15) is 9.18 Å². The van der Waals surface area contributed by atoms with Crippen molar-refractivity contribution in [2.45, 2.75) is 26.0 Å². The van der Waals surface area contributed by atoms with Crippen molar-refractivity contribution in [2.24, 2.45) is 0 Å². The number of benzene rings is 2. The molecular formula is C18H17FN2O2. The minimum absolute atomic E-state index is 0.150. The van der Waals surface area contributed by atoms with Crippen molar-refractivity contribution in [3.8, 4) is 11.8 Å². The fourth-order valence-corrected chi connectivity index (χ4v) is 2.05. The zero-order chi connectivity index (χ0) is 16.7. The topological polar surface area (TPSA) is 62.1 Å². The molecule has 1 amide bonds. The van der Waals surface area contributed by atoms with Crippen molar-refractivity contribution in [3.63, 3.8) is 0 Å². The van der Waals surface area contributed by atoms with Crippen LogP contribution >= 0.6 is 0 Å². The molecule has 0 radical (unpaired) electrons. The van der Waals surface area contributed by atoms with E-state index >= 15 is 0 Å². The minimum atomic E-state index is -0.295. The first kappa shape index (κ1) is 16.5. The van der Waals surface area contributed by atoms with E-state index in [2.05, 4.69) is 5.32 Å². The summed E-state index contributed by atoms with van der Waals surface area (Å²) in [4.78, 5) is 11.4. The molecule has 0 bridgehead atoms. The molecule has 0 unspecified atom stereocenters. The maximum atomic E-state index is 12.8. The third-order valence-electron chi connectivity index (χ3n) is 3.32. The lowest BCUT2D eigenvalue weighted by Crippen LogP contribution is -2.25. The van der Waals surface area contributed by atoms with Crippen molar-refractivity contribution >= 4 is 5.91 Å². The van der Waals surface area contributed by atoms with Crippen LogP contribution < -0.4 is 10.1 Å². The summed E-state index contributed by atoms with van der Waals surface area (Å²) >= 11 is 0. The molecule has 0 fully saturated rings. The maximum absolute atomic E-state index is 12.8. The normalized spacial score (nSPS) is 11.3. The van der Waals surface area contributed by atoms with E-state index in [4.69, 9.17) is 10.00 Å². The molecule has 0 heterocycles. The summed E-state index contributed by atoms with van der Waals surface area (Å²) in [6.45, 7) is 2.21. The summed E-state index contributed by atoms with van der Waals surface area (Å²) in [5, 5.41) is 11.2. The lowest BCUT2D eigenvalue weighted by Gasteiger charge is -2.14. The number of hydrogen-bond acceptors (Lipinski definition) is 3. The van der Waals surface area contributed by atoms with Crippen molar-refractivity contribution < 1.29 is 13.9 Å². The van der Waals surface area contributed by atoms with Crippen LogP contribution in [0.4, 0.5) is 4.39 Å². The van der Waals surface area contributed by atoms with Gasteiger partial charge in [-0.25, -0.2) is 4.39 Å². The molecule has 0 aliphatic rings. The van der Waals surface area contributed by atoms with Gasteiger partial charge in [0.15, 0.2) is 0 Å². The third-order valence-corrected chi connectivity index (χ3v) is 3.32. The fourth-order valence-electron chi connectivity index (χ4n) is 2.05. The molecule has 0 aliphatic heterocycles. The third kappa shape index (κ3) is 5.11. The summed E-state index contributed by atoms with van der Waals surface area (Å²) in [6.07, 6.45) is -0.150. The molecule has 2 aromatic carbocycles. The standard InChI is InChI=1S/C18H17FN2O2/c1-13(21-18(22)10-11-20)15-4-8-17(9-5-15)23-12-14-2-6-16(19)7-3-14/h2-9,13H,10,12H2,1H3,(H,21,22)/t13-/m1/s1. The van der Waals surface area contributed by atoms with E-state index in [1.165, 1.54) is 12.1 Å². The van der Waals surface area contributed by atoms with Crippen LogP contribution in [-0.2, 0) is 11.4 Å². The first-order valence-electron chi connectivity index (χ1n) is 7.22. The summed E-state index contributed by atoms with van der Waals surface area (Å²) in [7, 11) is 0. The Kier molecular flexibility index (Phi) is 5.70. The lowest BCUT2D eigenvalue weighted by atomic mass is 10.1. The number of nitriles is 1. The Hall–Kier alpha value is -2.87. The summed E-state index contributed by atoms with van der Waals surface area (Å²) < 4.78 is 18.5. The van der Waals surface area contributed by atoms with Crippen LogP contribution in [0.3, 0.4) is 0 Å². The molecule has 4 nitrogen and oxygen atoms in total. The van der Waals surface area contributed by atoms with Gasteiger partial charge in [0.05, 0.1) is 12.1 Å². The van der Waals surface area contributed by atoms with Crippen molar-refractivity contribution in [1.82, 2.24) is 5.32 Å². The Labute approximate surface area is 134 Å². The number of nitrogens with zero attached hydrogens (tertiary/aromatic N) is 1. The zero-order valence-corrected chi connectivity index (χ0v) is 12.8. The van der Waals surface area contributed by atoms with Crippen LogP contribution in [0.25, 0.3) is 0 Å². The first-order chi connectivity index (χ1) is 11.1. The molecule has 0 saturated carbocycles. The smallest absolute Gasteiger partial charge is 0.234 e. The summed E-state index contributed by atoms with van der Waals surface area (Å²) in [6, 6.07) is 15.1. The number of nitrogens with one attached hydrogen (secondary N) is 1. The van der Waals surface area contributed by atoms with Crippen LogP contribution in [0.1, 0.15) is 30.5 Å². The highest BCUT2D eigenvalue weighted by Gasteiger charge is 2.09. The molecule has 5 heteroatoms. The minimum Gasteiger partial charge on any atom is -0.489 e. The van der Waals surface area contributed by atoms with E-state index in [-0.39, 0.29) is 24.2 Å². The molecule has 0 aliphatic carbocycles. The molecule has 1 N–H and O–H groups in total. The van der Waals surface area contributed by atoms with Gasteiger partial charge in [0.1, 0.15) is 24.6 Å². The number of carbonyl (C=O) groups is 1. The second-order valence-electron chi connectivity index (χ2n) is 5.11. The second kappa shape index (κ2) is 7.95. The van der Waals surface area contributed by atoms with E-state index in [1.54, 1.807) is 12.1 Å². The highest BCUT2D eigenvalue weighted by atomic mass is 19.1. The number of ether oxygens (including phenoxy) is 1. The molecule has 2 rings (SSSR count). The Bertz CT molecular complexity index is 690. The molecule has 2 aromatic rings. The van der Waals surface area contributed by atoms with Crippen LogP contribution in [0.5, 0.6) is 5.75 Å². The summed E-state index contributed by atoms with van der Waals surface area (Å²) in [5.41, 5.74) is 1.80. The molecule has 118 valence electrons. The van der Waals surface area contributed by atoms with Crippen LogP contribution in [0.15, 0.2) is 48.5 Å². The largest absolute Gasteiger partial charge is 0.489 e. The van der Waals surface area contributed by atoms with Crippen LogP contribution in [0, 0.1) is 17.1 Å². The maximum Gasteiger partial charge on any atom is 0.234 e. The van der Waals surface area contributed by atoms with Gasteiger partial charge in [0, 0.05) is 0 Å². The Morgan fingerprint density at radius 1 is 1.22 bits per heavy atom. The number of hydrogen-bond donors (Lipinski definition) is 1. The molecule has 0 saturated heterocycles. The monoisotopic (exact) mass is 312 g/mol. The van der Waals surface area contributed by atoms with E-state index in [1.807, 2.05) is 37.3 Å². The van der Waals surface area contributed by atoms with Gasteiger partial charge in [-0.2, -0.15) is 5.26 Å². The van der Waals surface area contributed by atoms with Gasteiger partial charge >= 0.3 is 0 Å². The molecule has 23 heavy (non-hydrogen) atoms. The molecular weight excluding hydrogens is 295 g/mol. The number of rotatable bonds is 6. The highest BCUT2D eigenvalue weighted by Crippen LogP contribution is 2.18. The second-order valence-corrected chi connectivity index (χ2v) is 5.11. The Balaban J connectivity index is 1.90. The predicted octanol–water partition coefficient (Wildman–Crippen LogP) is 3.50. The molecule has 0 spiro atoms.